The summed E-state index contributed by atoms with van der Waals surface area (Å²) >= 11 is 0. The molecule has 0 aliphatic rings. The zero-order chi connectivity index (χ0) is 18.7. The third kappa shape index (κ3) is 3.91. The maximum absolute atomic E-state index is 13.4. The number of hydrogen-bond acceptors (Lipinski definition) is 2. The normalized spacial score (nSPS) is 10.6. The molecular weight excluding hydrogens is 341 g/mol. The second-order valence-corrected chi connectivity index (χ2v) is 5.82. The van der Waals surface area contributed by atoms with Crippen LogP contribution in [-0.2, 0) is 6.67 Å². The fraction of sp³-hybridized carbons (Fsp3) is 0.100. The van der Waals surface area contributed by atoms with Gasteiger partial charge < -0.3 is 5.32 Å². The number of aromatic nitrogens is 1. The molecule has 0 fully saturated rings. The van der Waals surface area contributed by atoms with E-state index in [2.05, 4.69) is 10.3 Å². The van der Waals surface area contributed by atoms with E-state index in [0.29, 0.717) is 27.9 Å². The highest BCUT2D eigenvalue weighted by Crippen LogP contribution is 2.27. The van der Waals surface area contributed by atoms with E-state index < -0.39 is 24.5 Å². The van der Waals surface area contributed by atoms with Crippen LogP contribution in [-0.4, -0.2) is 10.9 Å². The number of halogens is 3. The summed E-state index contributed by atoms with van der Waals surface area (Å²) in [5, 5.41) is 2.71. The molecule has 132 valence electrons. The molecule has 0 saturated heterocycles. The van der Waals surface area contributed by atoms with Gasteiger partial charge in [-0.05, 0) is 53.4 Å². The van der Waals surface area contributed by atoms with Crippen molar-refractivity contribution in [2.75, 3.05) is 5.32 Å². The Hall–Kier alpha value is -3.15. The van der Waals surface area contributed by atoms with Gasteiger partial charge in [-0.15, -0.1) is 0 Å². The summed E-state index contributed by atoms with van der Waals surface area (Å²) in [6, 6.07) is 13.5. The average molecular weight is 356 g/mol. The zero-order valence-corrected chi connectivity index (χ0v) is 13.9. The minimum absolute atomic E-state index is 0.322. The summed E-state index contributed by atoms with van der Waals surface area (Å²) in [4.78, 5) is 15.4. The van der Waals surface area contributed by atoms with Crippen molar-refractivity contribution in [1.29, 1.82) is 0 Å². The van der Waals surface area contributed by atoms with E-state index in [1.807, 2.05) is 0 Å². The van der Waals surface area contributed by atoms with Gasteiger partial charge in [0.1, 0.15) is 6.67 Å². The number of carbonyl (C=O) groups excluding carboxylic acids is 1. The lowest BCUT2D eigenvalue weighted by Gasteiger charge is -2.11. The van der Waals surface area contributed by atoms with E-state index in [1.165, 1.54) is 6.07 Å². The van der Waals surface area contributed by atoms with Crippen LogP contribution in [0.3, 0.4) is 0 Å². The molecule has 3 nitrogen and oxygen atoms in total. The third-order valence-corrected chi connectivity index (χ3v) is 3.91. The lowest BCUT2D eigenvalue weighted by molar-refractivity contribution is 0.102. The van der Waals surface area contributed by atoms with E-state index in [4.69, 9.17) is 0 Å². The van der Waals surface area contributed by atoms with E-state index in [-0.39, 0.29) is 0 Å². The molecule has 1 amide bonds. The lowest BCUT2D eigenvalue weighted by Crippen LogP contribution is -2.12. The minimum atomic E-state index is -0.920. The molecule has 0 saturated carbocycles. The number of nitrogens with one attached hydrogen (secondary N) is 1. The van der Waals surface area contributed by atoms with Gasteiger partial charge in [-0.25, -0.2) is 4.39 Å². The topological polar surface area (TPSA) is 42.0 Å². The molecule has 0 radical (unpaired) electrons. The van der Waals surface area contributed by atoms with Crippen molar-refractivity contribution in [2.24, 2.45) is 0 Å². The van der Waals surface area contributed by atoms with Gasteiger partial charge >= 0.3 is 0 Å². The molecule has 1 heterocycles. The number of rotatable bonds is 4. The predicted octanol–water partition coefficient (Wildman–Crippen LogP) is 5.06. The molecule has 0 bridgehead atoms. The highest BCUT2D eigenvalue weighted by molar-refractivity contribution is 6.04. The second kappa shape index (κ2) is 7.39. The SMILES string of the molecule is Cc1ccc(NC(=O)c2cccc(CF)c2)cc1-c1cc(F)nc(F)c1. The Morgan fingerprint density at radius 3 is 2.46 bits per heavy atom. The summed E-state index contributed by atoms with van der Waals surface area (Å²) in [5.41, 5.74) is 2.86. The van der Waals surface area contributed by atoms with Gasteiger partial charge in [-0.2, -0.15) is 13.8 Å². The maximum Gasteiger partial charge on any atom is 0.255 e. The van der Waals surface area contributed by atoms with E-state index in [1.54, 1.807) is 43.3 Å². The van der Waals surface area contributed by atoms with E-state index in [9.17, 15) is 18.0 Å². The van der Waals surface area contributed by atoms with Crippen LogP contribution < -0.4 is 5.32 Å². The van der Waals surface area contributed by atoms with Crippen LogP contribution in [0.4, 0.5) is 18.9 Å². The summed E-state index contributed by atoms with van der Waals surface area (Å²) in [6.07, 6.45) is 0. The quantitative estimate of drug-likeness (QED) is 0.664. The lowest BCUT2D eigenvalue weighted by atomic mass is 10.0. The number of pyridine rings is 1. The van der Waals surface area contributed by atoms with Crippen LogP contribution in [0.25, 0.3) is 11.1 Å². The van der Waals surface area contributed by atoms with Crippen molar-refractivity contribution in [1.82, 2.24) is 4.98 Å². The van der Waals surface area contributed by atoms with E-state index in [0.717, 1.165) is 17.7 Å². The molecule has 0 unspecified atom stereocenters. The number of amides is 1. The smallest absolute Gasteiger partial charge is 0.255 e. The molecular formula is C20H15F3N2O. The number of nitrogens with zero attached hydrogens (tertiary/aromatic N) is 1. The maximum atomic E-state index is 13.4. The van der Waals surface area contributed by atoms with Crippen LogP contribution in [0.15, 0.2) is 54.6 Å². The van der Waals surface area contributed by atoms with Crippen molar-refractivity contribution in [3.05, 3.63) is 83.2 Å². The number of aryl methyl sites for hydroxylation is 1. The van der Waals surface area contributed by atoms with Crippen LogP contribution in [0.5, 0.6) is 0 Å². The van der Waals surface area contributed by atoms with Crippen molar-refractivity contribution >= 4 is 11.6 Å². The van der Waals surface area contributed by atoms with Gasteiger partial charge in [0.05, 0.1) is 0 Å². The fourth-order valence-electron chi connectivity index (χ4n) is 2.63. The molecule has 1 N–H and O–H groups in total. The Labute approximate surface area is 148 Å². The number of benzene rings is 2. The van der Waals surface area contributed by atoms with Crippen LogP contribution in [0, 0.1) is 18.8 Å². The number of hydrogen-bond donors (Lipinski definition) is 1. The summed E-state index contributed by atoms with van der Waals surface area (Å²) in [6.45, 7) is 1.14. The Bertz CT molecular complexity index is 953. The van der Waals surface area contributed by atoms with Gasteiger partial charge in [0.15, 0.2) is 0 Å². The van der Waals surface area contributed by atoms with Gasteiger partial charge in [0.25, 0.3) is 5.91 Å². The van der Waals surface area contributed by atoms with Gasteiger partial charge in [0, 0.05) is 23.4 Å². The molecule has 0 spiro atoms. The number of carbonyl (C=O) groups is 1. The molecule has 2 aromatic carbocycles. The fourth-order valence-corrected chi connectivity index (χ4v) is 2.63. The standard InChI is InChI=1S/C20H15F3N2O/c1-12-5-6-16(10-17(12)15-8-18(22)25-19(23)9-15)24-20(26)14-4-2-3-13(7-14)11-21/h2-10H,11H2,1H3,(H,24,26). The highest BCUT2D eigenvalue weighted by Gasteiger charge is 2.11. The summed E-state index contributed by atoms with van der Waals surface area (Å²) in [7, 11) is 0. The first-order valence-corrected chi connectivity index (χ1v) is 7.86. The summed E-state index contributed by atoms with van der Waals surface area (Å²) in [5.74, 6) is -2.24. The summed E-state index contributed by atoms with van der Waals surface area (Å²) < 4.78 is 39.5. The monoisotopic (exact) mass is 356 g/mol. The van der Waals surface area contributed by atoms with E-state index >= 15 is 0 Å². The van der Waals surface area contributed by atoms with Crippen LogP contribution in [0.2, 0.25) is 0 Å². The molecule has 26 heavy (non-hydrogen) atoms. The highest BCUT2D eigenvalue weighted by atomic mass is 19.1. The average Bonchev–Trinajstić information content (AvgIpc) is 2.62. The van der Waals surface area contributed by atoms with Gasteiger partial charge in [-0.3, -0.25) is 4.79 Å². The first-order chi connectivity index (χ1) is 12.5. The Balaban J connectivity index is 1.91. The number of anilines is 1. The molecule has 3 aromatic rings. The van der Waals surface area contributed by atoms with Crippen molar-refractivity contribution < 1.29 is 18.0 Å². The van der Waals surface area contributed by atoms with Crippen LogP contribution >= 0.6 is 0 Å². The Kier molecular flexibility index (Phi) is 5.02. The number of alkyl halides is 1. The van der Waals surface area contributed by atoms with Crippen LogP contribution in [0.1, 0.15) is 21.5 Å². The zero-order valence-electron chi connectivity index (χ0n) is 13.9. The Morgan fingerprint density at radius 1 is 1.04 bits per heavy atom. The first-order valence-electron chi connectivity index (χ1n) is 7.86. The third-order valence-electron chi connectivity index (χ3n) is 3.91. The molecule has 0 aliphatic heterocycles. The largest absolute Gasteiger partial charge is 0.322 e. The van der Waals surface area contributed by atoms with Crippen molar-refractivity contribution in [3.63, 3.8) is 0 Å². The van der Waals surface area contributed by atoms with Gasteiger partial charge in [0.2, 0.25) is 11.9 Å². The first kappa shape index (κ1) is 17.7. The van der Waals surface area contributed by atoms with Gasteiger partial charge in [-0.1, -0.05) is 18.2 Å². The second-order valence-electron chi connectivity index (χ2n) is 5.82. The molecule has 0 atom stereocenters. The molecule has 3 rings (SSSR count). The van der Waals surface area contributed by atoms with Crippen molar-refractivity contribution in [3.8, 4) is 11.1 Å². The minimum Gasteiger partial charge on any atom is -0.322 e. The molecule has 6 heteroatoms. The molecule has 1 aromatic heterocycles. The predicted molar refractivity (Wildman–Crippen MR) is 93.5 cm³/mol. The van der Waals surface area contributed by atoms with Crippen molar-refractivity contribution in [2.45, 2.75) is 13.6 Å². The molecule has 0 aliphatic carbocycles. The Morgan fingerprint density at radius 2 is 1.77 bits per heavy atom.